The summed E-state index contributed by atoms with van der Waals surface area (Å²) in [6, 6.07) is 12.6. The van der Waals surface area contributed by atoms with Gasteiger partial charge in [-0.15, -0.1) is 10.2 Å². The number of methoxy groups -OCH3 is 1. The van der Waals surface area contributed by atoms with Crippen molar-refractivity contribution in [2.24, 2.45) is 0 Å². The number of benzene rings is 2. The summed E-state index contributed by atoms with van der Waals surface area (Å²) in [7, 11) is 1.57. The van der Waals surface area contributed by atoms with E-state index in [-0.39, 0.29) is 22.6 Å². The Balaban J connectivity index is 1.42. The monoisotopic (exact) mass is 440 g/mol. The van der Waals surface area contributed by atoms with Crippen molar-refractivity contribution in [1.29, 1.82) is 0 Å². The van der Waals surface area contributed by atoms with E-state index in [9.17, 15) is 14.0 Å². The highest BCUT2D eigenvalue weighted by Crippen LogP contribution is 2.30. The van der Waals surface area contributed by atoms with Gasteiger partial charge in [-0.2, -0.15) is 0 Å². The van der Waals surface area contributed by atoms with Crippen LogP contribution in [0.15, 0.2) is 48.5 Å². The van der Waals surface area contributed by atoms with Crippen LogP contribution in [0.25, 0.3) is 0 Å². The molecular weight excluding hydrogens is 419 g/mol. The van der Waals surface area contributed by atoms with E-state index in [2.05, 4.69) is 15.5 Å². The summed E-state index contributed by atoms with van der Waals surface area (Å²) in [4.78, 5) is 27.2. The molecule has 0 saturated carbocycles. The van der Waals surface area contributed by atoms with Crippen molar-refractivity contribution in [2.45, 2.75) is 18.8 Å². The molecule has 0 spiro atoms. The highest BCUT2D eigenvalue weighted by Gasteiger charge is 2.28. The Hall–Kier alpha value is -3.33. The van der Waals surface area contributed by atoms with Crippen LogP contribution in [-0.2, 0) is 0 Å². The standard InChI is InChI=1S/C22H21FN4O3S/c1-30-18-6-2-4-14(12-18)22(29)27-11-3-5-15(13-27)20-25-26-21(31-20)19(28)24-17-9-7-16(23)8-10-17/h2,4,6-10,12,15H,3,5,11,13H2,1H3,(H,24,28)/t15-/m1/s1. The lowest BCUT2D eigenvalue weighted by molar-refractivity contribution is 0.0706. The number of nitrogens with zero attached hydrogens (tertiary/aromatic N) is 3. The number of nitrogens with one attached hydrogen (secondary N) is 1. The van der Waals surface area contributed by atoms with Gasteiger partial charge in [0, 0.05) is 30.3 Å². The summed E-state index contributed by atoms with van der Waals surface area (Å²) in [6.45, 7) is 1.19. The van der Waals surface area contributed by atoms with Crippen LogP contribution >= 0.6 is 11.3 Å². The van der Waals surface area contributed by atoms with Gasteiger partial charge in [0.05, 0.1) is 7.11 Å². The van der Waals surface area contributed by atoms with Gasteiger partial charge in [0.1, 0.15) is 16.6 Å². The molecule has 1 atom stereocenters. The van der Waals surface area contributed by atoms with Crippen LogP contribution in [0.4, 0.5) is 10.1 Å². The van der Waals surface area contributed by atoms with Crippen molar-refractivity contribution in [3.8, 4) is 5.75 Å². The van der Waals surface area contributed by atoms with Crippen molar-refractivity contribution in [3.05, 3.63) is 69.9 Å². The third-order valence-electron chi connectivity index (χ3n) is 5.11. The number of likely N-dealkylation sites (tertiary alicyclic amines) is 1. The van der Waals surface area contributed by atoms with Crippen LogP contribution in [-0.4, -0.2) is 47.1 Å². The first-order valence-corrected chi connectivity index (χ1v) is 10.7. The number of anilines is 1. The molecule has 4 rings (SSSR count). The van der Waals surface area contributed by atoms with Crippen LogP contribution in [0.2, 0.25) is 0 Å². The van der Waals surface area contributed by atoms with Gasteiger partial charge in [-0.3, -0.25) is 9.59 Å². The van der Waals surface area contributed by atoms with E-state index in [0.29, 0.717) is 30.1 Å². The molecular formula is C22H21FN4O3S. The Morgan fingerprint density at radius 3 is 2.77 bits per heavy atom. The minimum absolute atomic E-state index is 0.0215. The minimum atomic E-state index is -0.393. The van der Waals surface area contributed by atoms with Gasteiger partial charge in [0.15, 0.2) is 0 Å². The molecule has 7 nitrogen and oxygen atoms in total. The van der Waals surface area contributed by atoms with Gasteiger partial charge in [0.25, 0.3) is 11.8 Å². The van der Waals surface area contributed by atoms with E-state index >= 15 is 0 Å². The molecule has 1 N–H and O–H groups in total. The fourth-order valence-corrected chi connectivity index (χ4v) is 4.38. The SMILES string of the molecule is COc1cccc(C(=O)N2CCC[C@@H](c3nnc(C(=O)Nc4ccc(F)cc4)s3)C2)c1. The van der Waals surface area contributed by atoms with Gasteiger partial charge in [-0.25, -0.2) is 4.39 Å². The Bertz CT molecular complexity index is 1090. The van der Waals surface area contributed by atoms with Gasteiger partial charge < -0.3 is 15.0 Å². The molecule has 2 aromatic carbocycles. The molecule has 2 heterocycles. The number of carbonyl (C=O) groups excluding carboxylic acids is 2. The quantitative estimate of drug-likeness (QED) is 0.649. The zero-order valence-electron chi connectivity index (χ0n) is 16.9. The first-order chi connectivity index (χ1) is 15.0. The molecule has 0 aliphatic carbocycles. The largest absolute Gasteiger partial charge is 0.497 e. The zero-order chi connectivity index (χ0) is 21.8. The number of hydrogen-bond acceptors (Lipinski definition) is 6. The molecule has 0 bridgehead atoms. The predicted octanol–water partition coefficient (Wildman–Crippen LogP) is 3.96. The van der Waals surface area contributed by atoms with E-state index in [1.165, 1.54) is 35.6 Å². The van der Waals surface area contributed by atoms with Crippen LogP contribution in [0.1, 0.15) is 43.9 Å². The third kappa shape index (κ3) is 4.88. The van der Waals surface area contributed by atoms with E-state index in [0.717, 1.165) is 17.8 Å². The number of piperidine rings is 1. The third-order valence-corrected chi connectivity index (χ3v) is 6.20. The highest BCUT2D eigenvalue weighted by atomic mass is 32.1. The normalized spacial score (nSPS) is 16.1. The fourth-order valence-electron chi connectivity index (χ4n) is 3.51. The molecule has 1 aliphatic heterocycles. The Morgan fingerprint density at radius 2 is 2.00 bits per heavy atom. The Labute approximate surface area is 182 Å². The van der Waals surface area contributed by atoms with Crippen molar-refractivity contribution >= 4 is 28.8 Å². The van der Waals surface area contributed by atoms with Gasteiger partial charge >= 0.3 is 0 Å². The molecule has 1 saturated heterocycles. The first kappa shape index (κ1) is 20.9. The van der Waals surface area contributed by atoms with Crippen molar-refractivity contribution in [3.63, 3.8) is 0 Å². The van der Waals surface area contributed by atoms with Crippen molar-refractivity contribution < 1.29 is 18.7 Å². The summed E-state index contributed by atoms with van der Waals surface area (Å²) in [6.07, 6.45) is 1.72. The maximum absolute atomic E-state index is 13.0. The van der Waals surface area contributed by atoms with E-state index < -0.39 is 5.91 Å². The molecule has 160 valence electrons. The van der Waals surface area contributed by atoms with E-state index in [4.69, 9.17) is 4.74 Å². The molecule has 3 aromatic rings. The Kier molecular flexibility index (Phi) is 6.22. The zero-order valence-corrected chi connectivity index (χ0v) is 17.7. The van der Waals surface area contributed by atoms with Crippen LogP contribution in [0, 0.1) is 5.82 Å². The average Bonchev–Trinajstić information content (AvgIpc) is 3.31. The van der Waals surface area contributed by atoms with Crippen molar-refractivity contribution in [2.75, 3.05) is 25.5 Å². The van der Waals surface area contributed by atoms with Gasteiger partial charge in [0.2, 0.25) is 5.01 Å². The summed E-state index contributed by atoms with van der Waals surface area (Å²) < 4.78 is 18.2. The Morgan fingerprint density at radius 1 is 1.19 bits per heavy atom. The van der Waals surface area contributed by atoms with Gasteiger partial charge in [-0.1, -0.05) is 17.4 Å². The predicted molar refractivity (Wildman–Crippen MR) is 115 cm³/mol. The first-order valence-electron chi connectivity index (χ1n) is 9.87. The summed E-state index contributed by atoms with van der Waals surface area (Å²) in [5, 5.41) is 11.9. The second kappa shape index (κ2) is 9.22. The molecule has 1 aromatic heterocycles. The summed E-state index contributed by atoms with van der Waals surface area (Å²) >= 11 is 1.22. The number of aromatic nitrogens is 2. The molecule has 31 heavy (non-hydrogen) atoms. The molecule has 1 aliphatic rings. The van der Waals surface area contributed by atoms with E-state index in [1.54, 1.807) is 31.4 Å². The topological polar surface area (TPSA) is 84.4 Å². The number of carbonyl (C=O) groups is 2. The maximum Gasteiger partial charge on any atom is 0.286 e. The molecule has 0 radical (unpaired) electrons. The maximum atomic E-state index is 13.0. The van der Waals surface area contributed by atoms with Crippen LogP contribution in [0.5, 0.6) is 5.75 Å². The lowest BCUT2D eigenvalue weighted by atomic mass is 9.98. The fraction of sp³-hybridized carbons (Fsp3) is 0.273. The number of hydrogen-bond donors (Lipinski definition) is 1. The smallest absolute Gasteiger partial charge is 0.286 e. The second-order valence-corrected chi connectivity index (χ2v) is 8.24. The van der Waals surface area contributed by atoms with Gasteiger partial charge in [-0.05, 0) is 55.3 Å². The van der Waals surface area contributed by atoms with Crippen LogP contribution in [0.3, 0.4) is 0 Å². The van der Waals surface area contributed by atoms with Crippen LogP contribution < -0.4 is 10.1 Å². The number of rotatable bonds is 5. The lowest BCUT2D eigenvalue weighted by Crippen LogP contribution is -2.39. The molecule has 1 fully saturated rings. The lowest BCUT2D eigenvalue weighted by Gasteiger charge is -2.31. The number of amides is 2. The highest BCUT2D eigenvalue weighted by molar-refractivity contribution is 7.13. The number of ether oxygens (including phenoxy) is 1. The summed E-state index contributed by atoms with van der Waals surface area (Å²) in [5.41, 5.74) is 1.06. The molecule has 0 unspecified atom stereocenters. The molecule has 2 amide bonds. The average molecular weight is 441 g/mol. The van der Waals surface area contributed by atoms with E-state index in [1.807, 2.05) is 4.90 Å². The summed E-state index contributed by atoms with van der Waals surface area (Å²) in [5.74, 6) is -0.159. The molecule has 9 heteroatoms. The second-order valence-electron chi connectivity index (χ2n) is 7.23. The number of halogens is 1. The van der Waals surface area contributed by atoms with Crippen molar-refractivity contribution in [1.82, 2.24) is 15.1 Å². The minimum Gasteiger partial charge on any atom is -0.497 e.